The van der Waals surface area contributed by atoms with Crippen molar-refractivity contribution in [2.24, 2.45) is 48.7 Å². The molecule has 1 N–H and O–H groups in total. The molecule has 5 rings (SSSR count). The van der Waals surface area contributed by atoms with Gasteiger partial charge in [-0.2, -0.15) is 5.06 Å². The zero-order valence-corrected chi connectivity index (χ0v) is 81.2. The van der Waals surface area contributed by atoms with Gasteiger partial charge in [0.2, 0.25) is 24.0 Å². The fourth-order valence-electron chi connectivity index (χ4n) is 9.11. The normalized spacial score (nSPS) is 15.7. The van der Waals surface area contributed by atoms with E-state index in [2.05, 4.69) is 64.1 Å². The molecule has 1 aromatic rings. The lowest BCUT2D eigenvalue weighted by molar-refractivity contribution is -0.683. The van der Waals surface area contributed by atoms with Gasteiger partial charge in [0.05, 0.1) is 65.8 Å². The Balaban J connectivity index is -0.000000389. The molecule has 670 valence electrons. The van der Waals surface area contributed by atoms with Gasteiger partial charge in [0.1, 0.15) is 30.6 Å². The van der Waals surface area contributed by atoms with Crippen molar-refractivity contribution in [3.8, 4) is 0 Å². The summed E-state index contributed by atoms with van der Waals surface area (Å²) in [6.45, 7) is 76.4. The molecule has 5 heterocycles. The minimum absolute atomic E-state index is 0.0231. The smallest absolute Gasteiger partial charge is 0.241 e. The molecule has 4 aliphatic heterocycles. The van der Waals surface area contributed by atoms with Crippen molar-refractivity contribution in [1.29, 1.82) is 0 Å². The van der Waals surface area contributed by atoms with Crippen LogP contribution in [0.2, 0.25) is 0 Å². The Kier molecular flexibility index (Phi) is 57.7. The van der Waals surface area contributed by atoms with E-state index in [1.54, 1.807) is 78.8 Å². The fraction of sp³-hybridized carbons (Fsp3) is 0.852. The molecule has 0 saturated carbocycles. The molecule has 0 aliphatic carbocycles. The molecule has 26 heteroatoms. The number of amides is 3. The number of rotatable bonds is 19. The maximum atomic E-state index is 11.9. The van der Waals surface area contributed by atoms with Gasteiger partial charge < -0.3 is 29.0 Å². The molecule has 114 heavy (non-hydrogen) atoms. The second-order valence-corrected chi connectivity index (χ2v) is 40.8. The number of hydroxylamine groups is 2. The van der Waals surface area contributed by atoms with Crippen LogP contribution in [-0.4, -0.2) is 325 Å². The number of likely N-dealkylation sites (N-methyl/N-ethyl adjacent to an activating group) is 2. The number of morpholine rings is 2. The lowest BCUT2D eigenvalue weighted by Crippen LogP contribution is -2.50. The molecule has 0 bridgehead atoms. The SMILES string of the molecule is CC(C(=O)C(C)(C)C)N(C)C.CC(C)(C)C(=O)CCN1CCOCC1.CC(C)(C)C(=O)CN1CCC1.CC(C)(C)C(=O)CN1CCOCC1.CC(C)(C)C(=O)C[n+]1cc[nH]c1.CC(C)N1CCN(CC(=O)C(C)(C)C)CC1.CN(C)C(=O)C(C)(C)C.CN(C)C(=O)CC(C)(C)C.CN(C)C(=O)CCl.CON(C)CC(=O)C(C)(C)C. The summed E-state index contributed by atoms with van der Waals surface area (Å²) in [5, 5.41) is 1.52. The van der Waals surface area contributed by atoms with E-state index in [-0.39, 0.29) is 89.9 Å². The Morgan fingerprint density at radius 2 is 0.807 bits per heavy atom. The zero-order valence-electron chi connectivity index (χ0n) is 80.5. The van der Waals surface area contributed by atoms with Gasteiger partial charge in [-0.3, -0.25) is 82.3 Å². The highest BCUT2D eigenvalue weighted by Crippen LogP contribution is 2.23. The third-order valence-corrected chi connectivity index (χ3v) is 18.6. The largest absolute Gasteiger partial charge is 0.379 e. The van der Waals surface area contributed by atoms with Gasteiger partial charge in [0.15, 0.2) is 34.7 Å². The van der Waals surface area contributed by atoms with Gasteiger partial charge >= 0.3 is 0 Å². The van der Waals surface area contributed by atoms with Crippen LogP contribution in [0.25, 0.3) is 0 Å². The number of Topliss-reactive ketones (excluding diaryl/α,β-unsaturated/α-hetero) is 7. The van der Waals surface area contributed by atoms with Crippen molar-refractivity contribution >= 4 is 69.8 Å². The van der Waals surface area contributed by atoms with E-state index in [1.807, 2.05) is 203 Å². The highest BCUT2D eigenvalue weighted by atomic mass is 35.5. The van der Waals surface area contributed by atoms with Crippen molar-refractivity contribution in [2.75, 3.05) is 201 Å². The van der Waals surface area contributed by atoms with Crippen molar-refractivity contribution < 1.29 is 66.8 Å². The molecule has 1 atom stereocenters. The van der Waals surface area contributed by atoms with Crippen molar-refractivity contribution in [3.05, 3.63) is 18.7 Å². The number of piperazine rings is 1. The standard InChI is InChI=1S/C13H26N2O.C11H21NO2.C10H19NO2.C9H14N2O.C9H17NO.C9H19NO.C8H17NO2.C8H17NO.C7H15NO.C4H8ClNO/c1-11(2)15-8-6-14(7-9-15)10-12(16)13(3,4)5;1-11(2,3)10(13)4-5-12-6-8-14-9-7-12;1-10(2,3)9(12)8-11-4-6-13-7-5-11;1-9(2,3)8(12)6-11-5-4-10-7-11;1-9(2,3)8(11)7-10-5-4-6-10;1-7(10(5)6)8(11)9(2,3)4;1-8(2,3)7(10)6-9(4)11-5;1-8(2,3)6-7(10)9(4)5;1-7(2,3)6(9)8(4)5;1-6(2)4(7)3-5/h11H,6-10H2,1-5H3;4-9H2,1-3H3;4-8H2,1-3H3;4-5,7H,6H2,1-3H3;4-7H2,1-3H3;7H,1-6H3;6H2,1-5H3;6H2,1-5H3;1-5H3;3H2,1-2H3/p+1. The van der Waals surface area contributed by atoms with Crippen LogP contribution < -0.4 is 4.57 Å². The molecule has 4 fully saturated rings. The average Bonchev–Trinajstić information content (AvgIpc) is 0.921. The number of aromatic nitrogens is 2. The lowest BCUT2D eigenvalue weighted by atomic mass is 9.87. The fourth-order valence-corrected chi connectivity index (χ4v) is 9.35. The zero-order chi connectivity index (χ0) is 90.7. The number of ketones is 7. The molecule has 1 unspecified atom stereocenters. The van der Waals surface area contributed by atoms with E-state index in [9.17, 15) is 47.9 Å². The number of imidazole rings is 1. The second-order valence-electron chi connectivity index (χ2n) is 40.6. The molecule has 1 aromatic heterocycles. The second kappa shape index (κ2) is 55.9. The number of ether oxygens (including phenoxy) is 2. The molecule has 4 saturated heterocycles. The summed E-state index contributed by atoms with van der Waals surface area (Å²) in [5.74, 6) is 2.49. The number of nitrogens with zero attached hydrogens (tertiary/aromatic N) is 11. The van der Waals surface area contributed by atoms with Crippen LogP contribution >= 0.6 is 11.6 Å². The maximum Gasteiger partial charge on any atom is 0.241 e. The number of aromatic amines is 1. The Morgan fingerprint density at radius 3 is 1.04 bits per heavy atom. The van der Waals surface area contributed by atoms with E-state index in [0.29, 0.717) is 80.5 Å². The minimum atomic E-state index is -0.271. The van der Waals surface area contributed by atoms with E-state index in [0.717, 1.165) is 98.4 Å². The number of alkyl halides is 1. The van der Waals surface area contributed by atoms with Gasteiger partial charge in [0, 0.05) is 170 Å². The Morgan fingerprint density at radius 1 is 0.447 bits per heavy atom. The number of hydrogen-bond acceptors (Lipinski definition) is 20. The predicted molar refractivity (Wildman–Crippen MR) is 469 cm³/mol. The molecule has 25 nitrogen and oxygen atoms in total. The number of carbonyl (C=O) groups is 10. The number of nitrogens with one attached hydrogen (secondary N) is 1. The average molecular weight is 1640 g/mol. The third-order valence-electron chi connectivity index (χ3n) is 18.4. The molecule has 0 radical (unpaired) electrons. The predicted octanol–water partition coefficient (Wildman–Crippen LogP) is 11.7. The summed E-state index contributed by atoms with van der Waals surface area (Å²) < 4.78 is 12.3. The van der Waals surface area contributed by atoms with Gasteiger partial charge in [-0.15, -0.1) is 11.6 Å². The van der Waals surface area contributed by atoms with Gasteiger partial charge in [0.25, 0.3) is 0 Å². The Hall–Kier alpha value is -4.80. The lowest BCUT2D eigenvalue weighted by Gasteiger charge is -2.37. The monoisotopic (exact) mass is 1640 g/mol. The summed E-state index contributed by atoms with van der Waals surface area (Å²) in [6, 6.07) is 0.649. The summed E-state index contributed by atoms with van der Waals surface area (Å²) in [7, 11) is 17.6. The Bertz CT molecular complexity index is 2840. The number of halogens is 1. The van der Waals surface area contributed by atoms with Crippen LogP contribution in [0.1, 0.15) is 227 Å². The van der Waals surface area contributed by atoms with E-state index in [1.165, 1.54) is 16.4 Å². The molecule has 0 spiro atoms. The maximum absolute atomic E-state index is 11.9. The minimum Gasteiger partial charge on any atom is -0.379 e. The molecule has 0 aromatic carbocycles. The molecular weight excluding hydrogens is 1470 g/mol. The van der Waals surface area contributed by atoms with Crippen LogP contribution in [0.15, 0.2) is 18.7 Å². The number of likely N-dealkylation sites (tertiary alicyclic amines) is 1. The summed E-state index contributed by atoms with van der Waals surface area (Å²) in [6.07, 6.45) is 7.99. The highest BCUT2D eigenvalue weighted by molar-refractivity contribution is 6.27. The Labute approximate surface area is 701 Å². The summed E-state index contributed by atoms with van der Waals surface area (Å²) in [4.78, 5) is 139. The number of hydrogen-bond donors (Lipinski definition) is 1. The number of H-pyrrole nitrogens is 1. The molecule has 4 aliphatic rings. The van der Waals surface area contributed by atoms with Crippen LogP contribution in [0, 0.1) is 48.7 Å². The van der Waals surface area contributed by atoms with Crippen molar-refractivity contribution in [2.45, 2.75) is 246 Å². The van der Waals surface area contributed by atoms with Crippen molar-refractivity contribution in [3.63, 3.8) is 0 Å². The first-order valence-electron chi connectivity index (χ1n) is 41.0. The first-order valence-corrected chi connectivity index (χ1v) is 41.5. The first kappa shape index (κ1) is 118. The number of carbonyl (C=O) groups excluding carboxylic acids is 10. The van der Waals surface area contributed by atoms with E-state index < -0.39 is 0 Å². The van der Waals surface area contributed by atoms with Crippen LogP contribution in [-0.2, 0) is 68.8 Å². The molecule has 3 amide bonds. The first-order chi connectivity index (χ1) is 51.3. The van der Waals surface area contributed by atoms with E-state index >= 15 is 0 Å². The van der Waals surface area contributed by atoms with Gasteiger partial charge in [-0.1, -0.05) is 187 Å². The van der Waals surface area contributed by atoms with Crippen LogP contribution in [0.4, 0.5) is 0 Å². The van der Waals surface area contributed by atoms with Gasteiger partial charge in [-0.25, -0.2) is 4.57 Å². The quantitative estimate of drug-likeness (QED) is 0.0767. The highest BCUT2D eigenvalue weighted by Gasteiger charge is 2.31. The summed E-state index contributed by atoms with van der Waals surface area (Å²) in [5.41, 5.74) is -1.61. The van der Waals surface area contributed by atoms with Crippen molar-refractivity contribution in [1.82, 2.24) is 54.1 Å². The topological polar surface area (TPSA) is 250 Å². The third kappa shape index (κ3) is 61.5. The van der Waals surface area contributed by atoms with Gasteiger partial charge in [-0.05, 0) is 59.8 Å². The van der Waals surface area contributed by atoms with Crippen LogP contribution in [0.5, 0.6) is 0 Å². The summed E-state index contributed by atoms with van der Waals surface area (Å²) >= 11 is 5.16. The van der Waals surface area contributed by atoms with Crippen LogP contribution in [0.3, 0.4) is 0 Å². The molecular formula is C88H174ClN12O13+. The van der Waals surface area contributed by atoms with E-state index in [4.69, 9.17) is 25.9 Å².